The minimum atomic E-state index is -4.44. The maximum absolute atomic E-state index is 13.3. The lowest BCUT2D eigenvalue weighted by atomic mass is 9.99. The highest BCUT2D eigenvalue weighted by atomic mass is 32.2. The molecule has 3 aromatic carbocycles. The van der Waals surface area contributed by atoms with Gasteiger partial charge in [0.1, 0.15) is 6.10 Å². The van der Waals surface area contributed by atoms with Gasteiger partial charge in [-0.15, -0.1) is 0 Å². The second-order valence-electron chi connectivity index (χ2n) is 9.30. The Labute approximate surface area is 216 Å². The van der Waals surface area contributed by atoms with Crippen LogP contribution in [-0.4, -0.2) is 57.0 Å². The minimum absolute atomic E-state index is 0.291. The Bertz CT molecular complexity index is 1310. The maximum atomic E-state index is 13.3. The zero-order valence-electron chi connectivity index (χ0n) is 20.9. The standard InChI is InChI=1S/C28H31F3N2O3S/c1-21-11-12-22(2)26(19-21)37(34,35)33-15-13-32(14-16-33)17-18-36-27(23-7-4-3-5-8-23)24-9-6-10-25(20-24)28(29,30)31/h3-12,19-20,27H,13-18H2,1-2H3/t27-/m0/s1. The lowest BCUT2D eigenvalue weighted by molar-refractivity contribution is -0.137. The second-order valence-corrected chi connectivity index (χ2v) is 11.2. The van der Waals surface area contributed by atoms with E-state index in [-0.39, 0.29) is 0 Å². The van der Waals surface area contributed by atoms with E-state index in [2.05, 4.69) is 4.90 Å². The first-order valence-electron chi connectivity index (χ1n) is 12.2. The average Bonchev–Trinajstić information content (AvgIpc) is 2.88. The van der Waals surface area contributed by atoms with Crippen LogP contribution in [0.5, 0.6) is 0 Å². The van der Waals surface area contributed by atoms with Crippen LogP contribution in [0.3, 0.4) is 0 Å². The van der Waals surface area contributed by atoms with Crippen LogP contribution < -0.4 is 0 Å². The molecule has 0 saturated carbocycles. The number of piperazine rings is 1. The van der Waals surface area contributed by atoms with Gasteiger partial charge in [0.15, 0.2) is 0 Å². The Morgan fingerprint density at radius 1 is 0.865 bits per heavy atom. The number of aryl methyl sites for hydroxylation is 2. The van der Waals surface area contributed by atoms with Crippen molar-refractivity contribution in [2.75, 3.05) is 39.3 Å². The largest absolute Gasteiger partial charge is 0.416 e. The molecule has 1 aliphatic rings. The summed E-state index contributed by atoms with van der Waals surface area (Å²) in [6.07, 6.45) is -5.08. The number of hydrogen-bond acceptors (Lipinski definition) is 4. The summed E-state index contributed by atoms with van der Waals surface area (Å²) in [6.45, 7) is 6.34. The van der Waals surface area contributed by atoms with Crippen LogP contribution in [0.15, 0.2) is 77.7 Å². The second kappa shape index (κ2) is 11.3. The molecule has 0 bridgehead atoms. The number of ether oxygens (including phenoxy) is 1. The topological polar surface area (TPSA) is 49.9 Å². The Morgan fingerprint density at radius 3 is 2.22 bits per heavy atom. The smallest absolute Gasteiger partial charge is 0.367 e. The summed E-state index contributed by atoms with van der Waals surface area (Å²) < 4.78 is 73.9. The van der Waals surface area contributed by atoms with E-state index in [1.807, 2.05) is 49.4 Å². The minimum Gasteiger partial charge on any atom is -0.367 e. The van der Waals surface area contributed by atoms with Gasteiger partial charge in [0, 0.05) is 32.7 Å². The molecule has 0 N–H and O–H groups in total. The van der Waals surface area contributed by atoms with E-state index in [9.17, 15) is 21.6 Å². The van der Waals surface area contributed by atoms with Crippen LogP contribution in [0.4, 0.5) is 13.2 Å². The highest BCUT2D eigenvalue weighted by Crippen LogP contribution is 2.33. The first-order valence-corrected chi connectivity index (χ1v) is 13.6. The van der Waals surface area contributed by atoms with E-state index in [1.54, 1.807) is 19.1 Å². The van der Waals surface area contributed by atoms with Crippen LogP contribution >= 0.6 is 0 Å². The number of halogens is 3. The van der Waals surface area contributed by atoms with Gasteiger partial charge in [-0.1, -0.05) is 54.6 Å². The molecule has 9 heteroatoms. The van der Waals surface area contributed by atoms with E-state index >= 15 is 0 Å². The summed E-state index contributed by atoms with van der Waals surface area (Å²) in [5, 5.41) is 0. The third-order valence-corrected chi connectivity index (χ3v) is 8.64. The van der Waals surface area contributed by atoms with Gasteiger partial charge in [-0.3, -0.25) is 4.90 Å². The third kappa shape index (κ3) is 6.59. The number of nitrogens with zero attached hydrogens (tertiary/aromatic N) is 2. The molecule has 0 spiro atoms. The maximum Gasteiger partial charge on any atom is 0.416 e. The lowest BCUT2D eigenvalue weighted by Gasteiger charge is -2.34. The first kappa shape index (κ1) is 27.3. The van der Waals surface area contributed by atoms with Crippen molar-refractivity contribution in [1.82, 2.24) is 9.21 Å². The molecule has 198 valence electrons. The van der Waals surface area contributed by atoms with Gasteiger partial charge in [-0.25, -0.2) is 8.42 Å². The molecule has 0 aliphatic carbocycles. The molecule has 4 rings (SSSR count). The van der Waals surface area contributed by atoms with Crippen LogP contribution in [-0.2, 0) is 20.9 Å². The monoisotopic (exact) mass is 532 g/mol. The van der Waals surface area contributed by atoms with Crippen molar-refractivity contribution in [2.45, 2.75) is 31.0 Å². The highest BCUT2D eigenvalue weighted by Gasteiger charge is 2.32. The first-order chi connectivity index (χ1) is 17.6. The molecule has 0 radical (unpaired) electrons. The molecule has 37 heavy (non-hydrogen) atoms. The van der Waals surface area contributed by atoms with Crippen molar-refractivity contribution in [3.8, 4) is 0 Å². The Kier molecular flexibility index (Phi) is 8.38. The van der Waals surface area contributed by atoms with Crippen LogP contribution in [0, 0.1) is 13.8 Å². The van der Waals surface area contributed by atoms with Crippen molar-refractivity contribution in [3.63, 3.8) is 0 Å². The number of alkyl halides is 3. The van der Waals surface area contributed by atoms with Gasteiger partial charge in [0.25, 0.3) is 0 Å². The molecular formula is C28H31F3N2O3S. The van der Waals surface area contributed by atoms with Crippen LogP contribution in [0.25, 0.3) is 0 Å². The van der Waals surface area contributed by atoms with Gasteiger partial charge >= 0.3 is 6.18 Å². The van der Waals surface area contributed by atoms with E-state index < -0.39 is 27.9 Å². The van der Waals surface area contributed by atoms with Crippen LogP contribution in [0.2, 0.25) is 0 Å². The van der Waals surface area contributed by atoms with Crippen molar-refractivity contribution in [2.24, 2.45) is 0 Å². The SMILES string of the molecule is Cc1ccc(C)c(S(=O)(=O)N2CCN(CCO[C@@H](c3ccccc3)c3cccc(C(F)(F)F)c3)CC2)c1. The molecule has 1 saturated heterocycles. The Morgan fingerprint density at radius 2 is 1.54 bits per heavy atom. The van der Waals surface area contributed by atoms with Gasteiger partial charge < -0.3 is 4.74 Å². The number of hydrogen-bond donors (Lipinski definition) is 0. The van der Waals surface area contributed by atoms with Gasteiger partial charge in [-0.2, -0.15) is 17.5 Å². The van der Waals surface area contributed by atoms with Crippen molar-refractivity contribution >= 4 is 10.0 Å². The van der Waals surface area contributed by atoms with Crippen LogP contribution in [0.1, 0.15) is 33.9 Å². The summed E-state index contributed by atoms with van der Waals surface area (Å²) in [5.74, 6) is 0. The molecule has 1 aliphatic heterocycles. The zero-order valence-corrected chi connectivity index (χ0v) is 21.7. The molecular weight excluding hydrogens is 501 g/mol. The number of sulfonamides is 1. The summed E-state index contributed by atoms with van der Waals surface area (Å²) >= 11 is 0. The molecule has 1 atom stereocenters. The fraction of sp³-hybridized carbons (Fsp3) is 0.357. The van der Waals surface area contributed by atoms with E-state index in [0.717, 1.165) is 28.8 Å². The molecule has 0 amide bonds. The van der Waals surface area contributed by atoms with E-state index in [4.69, 9.17) is 4.74 Å². The summed E-state index contributed by atoms with van der Waals surface area (Å²) in [5.41, 5.74) is 2.11. The summed E-state index contributed by atoms with van der Waals surface area (Å²) in [6, 6.07) is 19.8. The fourth-order valence-corrected chi connectivity index (χ4v) is 6.24. The molecule has 0 unspecified atom stereocenters. The predicted octanol–water partition coefficient (Wildman–Crippen LogP) is 5.43. The van der Waals surface area contributed by atoms with Crippen molar-refractivity contribution < 1.29 is 26.3 Å². The van der Waals surface area contributed by atoms with Gasteiger partial charge in [-0.05, 0) is 54.3 Å². The normalized spacial score (nSPS) is 16.6. The predicted molar refractivity (Wildman–Crippen MR) is 137 cm³/mol. The van der Waals surface area contributed by atoms with Gasteiger partial charge in [0.05, 0.1) is 17.1 Å². The highest BCUT2D eigenvalue weighted by molar-refractivity contribution is 7.89. The summed E-state index contributed by atoms with van der Waals surface area (Å²) in [4.78, 5) is 2.46. The van der Waals surface area contributed by atoms with Crippen molar-refractivity contribution in [1.29, 1.82) is 0 Å². The average molecular weight is 533 g/mol. The van der Waals surface area contributed by atoms with E-state index in [0.29, 0.717) is 49.8 Å². The molecule has 3 aromatic rings. The summed E-state index contributed by atoms with van der Waals surface area (Å²) in [7, 11) is -3.58. The Balaban J connectivity index is 1.39. The third-order valence-electron chi connectivity index (χ3n) is 6.60. The fourth-order valence-electron chi connectivity index (χ4n) is 4.51. The quantitative estimate of drug-likeness (QED) is 0.388. The molecule has 0 aromatic heterocycles. The number of benzene rings is 3. The zero-order chi connectivity index (χ0) is 26.6. The van der Waals surface area contributed by atoms with E-state index in [1.165, 1.54) is 10.4 Å². The Hall–Kier alpha value is -2.72. The van der Waals surface area contributed by atoms with Gasteiger partial charge in [0.2, 0.25) is 10.0 Å². The van der Waals surface area contributed by atoms with Crippen molar-refractivity contribution in [3.05, 3.63) is 101 Å². The molecule has 5 nitrogen and oxygen atoms in total. The molecule has 1 heterocycles. The number of rotatable bonds is 8. The molecule has 1 fully saturated rings. The lowest BCUT2D eigenvalue weighted by Crippen LogP contribution is -2.49.